The zero-order chi connectivity index (χ0) is 19.9. The van der Waals surface area contributed by atoms with Crippen LogP contribution in [0.1, 0.15) is 23.4 Å². The molecule has 28 heavy (non-hydrogen) atoms. The summed E-state index contributed by atoms with van der Waals surface area (Å²) in [4.78, 5) is 34.5. The molecule has 8 heteroatoms. The molecule has 0 aromatic carbocycles. The first kappa shape index (κ1) is 20.4. The lowest BCUT2D eigenvalue weighted by molar-refractivity contribution is -0.140. The Labute approximate surface area is 169 Å². The number of piperazine rings is 1. The van der Waals surface area contributed by atoms with E-state index in [1.165, 1.54) is 4.88 Å². The predicted octanol–water partition coefficient (Wildman–Crippen LogP) is 1.25. The fourth-order valence-corrected chi connectivity index (χ4v) is 4.38. The second-order valence-corrected chi connectivity index (χ2v) is 8.08. The summed E-state index contributed by atoms with van der Waals surface area (Å²) in [5.74, 6) is -1.23. The van der Waals surface area contributed by atoms with Gasteiger partial charge in [-0.15, -0.1) is 11.3 Å². The summed E-state index contributed by atoms with van der Waals surface area (Å²) >= 11 is 1.68. The van der Waals surface area contributed by atoms with Crippen LogP contribution in [-0.4, -0.2) is 65.9 Å². The second-order valence-electron chi connectivity index (χ2n) is 7.11. The highest BCUT2D eigenvalue weighted by atomic mass is 32.1. The standard InChI is InChI=1S/C20H27N5O2S/c1-15(23-20(27)19(26)22-14-16-5-3-7-21-13-16)18(17-6-4-12-28-17)25-10-8-24(2)9-11-25/h3-7,12-13,15,18H,8-11,14H2,1-2H3,(H,22,26)(H,23,27)/t15-,18+/m0/s1. The van der Waals surface area contributed by atoms with Crippen molar-refractivity contribution in [2.45, 2.75) is 25.6 Å². The molecule has 2 aromatic rings. The Morgan fingerprint density at radius 1 is 1.18 bits per heavy atom. The maximum atomic E-state index is 12.4. The minimum absolute atomic E-state index is 0.0590. The van der Waals surface area contributed by atoms with E-state index in [1.807, 2.05) is 24.4 Å². The Morgan fingerprint density at radius 2 is 1.96 bits per heavy atom. The largest absolute Gasteiger partial charge is 0.344 e. The summed E-state index contributed by atoms with van der Waals surface area (Å²) in [7, 11) is 2.12. The van der Waals surface area contributed by atoms with Gasteiger partial charge in [0.15, 0.2) is 0 Å². The van der Waals surface area contributed by atoms with Gasteiger partial charge in [-0.3, -0.25) is 19.5 Å². The number of thiophene rings is 1. The van der Waals surface area contributed by atoms with Crippen molar-refractivity contribution in [1.29, 1.82) is 0 Å². The van der Waals surface area contributed by atoms with Crippen LogP contribution in [-0.2, 0) is 16.1 Å². The van der Waals surface area contributed by atoms with E-state index in [-0.39, 0.29) is 18.6 Å². The highest BCUT2D eigenvalue weighted by Crippen LogP contribution is 2.29. The number of aromatic nitrogens is 1. The smallest absolute Gasteiger partial charge is 0.309 e. The van der Waals surface area contributed by atoms with Gasteiger partial charge in [-0.1, -0.05) is 12.1 Å². The normalized spacial score (nSPS) is 17.6. The molecular weight excluding hydrogens is 374 g/mol. The number of nitrogens with zero attached hydrogens (tertiary/aromatic N) is 3. The number of amides is 2. The van der Waals surface area contributed by atoms with Gasteiger partial charge in [-0.05, 0) is 37.0 Å². The van der Waals surface area contributed by atoms with Gasteiger partial charge in [0.2, 0.25) is 0 Å². The molecule has 1 fully saturated rings. The summed E-state index contributed by atoms with van der Waals surface area (Å²) < 4.78 is 0. The quantitative estimate of drug-likeness (QED) is 0.713. The van der Waals surface area contributed by atoms with Crippen molar-refractivity contribution in [3.63, 3.8) is 0 Å². The summed E-state index contributed by atoms with van der Waals surface area (Å²) in [5, 5.41) is 7.60. The maximum Gasteiger partial charge on any atom is 0.309 e. The van der Waals surface area contributed by atoms with Crippen LogP contribution in [0.15, 0.2) is 42.0 Å². The zero-order valence-electron chi connectivity index (χ0n) is 16.3. The first-order chi connectivity index (χ1) is 13.5. The Kier molecular flexibility index (Phi) is 7.13. The minimum atomic E-state index is -0.626. The molecule has 0 bridgehead atoms. The van der Waals surface area contributed by atoms with Gasteiger partial charge >= 0.3 is 11.8 Å². The molecule has 2 atom stereocenters. The summed E-state index contributed by atoms with van der Waals surface area (Å²) in [6, 6.07) is 7.65. The van der Waals surface area contributed by atoms with Gasteiger partial charge < -0.3 is 15.5 Å². The molecule has 3 rings (SSSR count). The average molecular weight is 402 g/mol. The molecule has 2 N–H and O–H groups in total. The fraction of sp³-hybridized carbons (Fsp3) is 0.450. The van der Waals surface area contributed by atoms with E-state index in [2.05, 4.69) is 38.5 Å². The molecule has 150 valence electrons. The van der Waals surface area contributed by atoms with Crippen molar-refractivity contribution in [2.75, 3.05) is 33.2 Å². The number of carbonyl (C=O) groups is 2. The molecule has 1 aliphatic heterocycles. The molecular formula is C20H27N5O2S. The Balaban J connectivity index is 1.60. The Hall–Kier alpha value is -2.29. The maximum absolute atomic E-state index is 12.4. The SMILES string of the molecule is C[C@H](NC(=O)C(=O)NCc1cccnc1)[C@H](c1cccs1)N1CCN(C)CC1. The number of carbonyl (C=O) groups excluding carboxylic acids is 2. The number of hydrogen-bond donors (Lipinski definition) is 2. The Morgan fingerprint density at radius 3 is 2.61 bits per heavy atom. The molecule has 2 aromatic heterocycles. The van der Waals surface area contributed by atoms with Gasteiger partial charge in [0.1, 0.15) is 0 Å². The van der Waals surface area contributed by atoms with Crippen LogP contribution < -0.4 is 10.6 Å². The van der Waals surface area contributed by atoms with Crippen LogP contribution >= 0.6 is 11.3 Å². The number of hydrogen-bond acceptors (Lipinski definition) is 6. The first-order valence-electron chi connectivity index (χ1n) is 9.48. The molecule has 0 radical (unpaired) electrons. The number of pyridine rings is 1. The lowest BCUT2D eigenvalue weighted by atomic mass is 10.0. The van der Waals surface area contributed by atoms with Crippen molar-refractivity contribution >= 4 is 23.2 Å². The lowest BCUT2D eigenvalue weighted by Gasteiger charge is -2.40. The molecule has 2 amide bonds. The molecule has 1 aliphatic rings. The second kappa shape index (κ2) is 9.77. The van der Waals surface area contributed by atoms with Crippen LogP contribution in [0.5, 0.6) is 0 Å². The van der Waals surface area contributed by atoms with Crippen LogP contribution in [0, 0.1) is 0 Å². The van der Waals surface area contributed by atoms with Crippen molar-refractivity contribution in [1.82, 2.24) is 25.4 Å². The number of likely N-dealkylation sites (N-methyl/N-ethyl adjacent to an activating group) is 1. The van der Waals surface area contributed by atoms with Crippen LogP contribution in [0.2, 0.25) is 0 Å². The molecule has 0 saturated carbocycles. The summed E-state index contributed by atoms with van der Waals surface area (Å²) in [6.45, 7) is 6.11. The van der Waals surface area contributed by atoms with Gasteiger partial charge in [0.05, 0.1) is 6.04 Å². The van der Waals surface area contributed by atoms with E-state index in [9.17, 15) is 9.59 Å². The third kappa shape index (κ3) is 5.37. The van der Waals surface area contributed by atoms with E-state index in [1.54, 1.807) is 29.8 Å². The molecule has 0 spiro atoms. The fourth-order valence-electron chi connectivity index (χ4n) is 3.42. The van der Waals surface area contributed by atoms with Crippen molar-refractivity contribution in [3.8, 4) is 0 Å². The predicted molar refractivity (Wildman–Crippen MR) is 110 cm³/mol. The highest BCUT2D eigenvalue weighted by Gasteiger charge is 2.31. The lowest BCUT2D eigenvalue weighted by Crippen LogP contribution is -2.53. The third-order valence-corrected chi connectivity index (χ3v) is 5.92. The van der Waals surface area contributed by atoms with Gasteiger partial charge in [-0.25, -0.2) is 0 Å². The average Bonchev–Trinajstić information content (AvgIpc) is 3.22. The van der Waals surface area contributed by atoms with Crippen molar-refractivity contribution in [3.05, 3.63) is 52.5 Å². The monoisotopic (exact) mass is 401 g/mol. The third-order valence-electron chi connectivity index (χ3n) is 4.98. The molecule has 1 saturated heterocycles. The zero-order valence-corrected chi connectivity index (χ0v) is 17.1. The van der Waals surface area contributed by atoms with Gasteiger partial charge in [0, 0.05) is 56.0 Å². The molecule has 0 unspecified atom stereocenters. The van der Waals surface area contributed by atoms with Gasteiger partial charge in [-0.2, -0.15) is 0 Å². The van der Waals surface area contributed by atoms with Crippen LogP contribution in [0.25, 0.3) is 0 Å². The molecule has 3 heterocycles. The Bertz CT molecular complexity index is 760. The van der Waals surface area contributed by atoms with Gasteiger partial charge in [0.25, 0.3) is 0 Å². The van der Waals surface area contributed by atoms with E-state index in [0.717, 1.165) is 31.7 Å². The van der Waals surface area contributed by atoms with E-state index in [0.29, 0.717) is 0 Å². The van der Waals surface area contributed by atoms with E-state index < -0.39 is 11.8 Å². The van der Waals surface area contributed by atoms with Crippen LogP contribution in [0.4, 0.5) is 0 Å². The highest BCUT2D eigenvalue weighted by molar-refractivity contribution is 7.10. The van der Waals surface area contributed by atoms with E-state index >= 15 is 0 Å². The minimum Gasteiger partial charge on any atom is -0.344 e. The van der Waals surface area contributed by atoms with Crippen molar-refractivity contribution < 1.29 is 9.59 Å². The van der Waals surface area contributed by atoms with E-state index in [4.69, 9.17) is 0 Å². The topological polar surface area (TPSA) is 77.6 Å². The van der Waals surface area contributed by atoms with Crippen LogP contribution in [0.3, 0.4) is 0 Å². The number of rotatable bonds is 6. The molecule has 7 nitrogen and oxygen atoms in total. The first-order valence-corrected chi connectivity index (χ1v) is 10.4. The number of nitrogens with one attached hydrogen (secondary N) is 2. The van der Waals surface area contributed by atoms with Crippen molar-refractivity contribution in [2.24, 2.45) is 0 Å². The summed E-state index contributed by atoms with van der Waals surface area (Å²) in [6.07, 6.45) is 3.34. The molecule has 0 aliphatic carbocycles. The summed E-state index contributed by atoms with van der Waals surface area (Å²) in [5.41, 5.74) is 0.852.